The van der Waals surface area contributed by atoms with Crippen molar-refractivity contribution < 1.29 is 14.8 Å². The van der Waals surface area contributed by atoms with E-state index in [1.54, 1.807) is 59.5 Å². The first-order valence-electron chi connectivity index (χ1n) is 12.2. The smallest absolute Gasteiger partial charge is 0.269 e. The first kappa shape index (κ1) is 25.4. The summed E-state index contributed by atoms with van der Waals surface area (Å²) < 4.78 is 0. The normalized spacial score (nSPS) is 20.3. The van der Waals surface area contributed by atoms with Gasteiger partial charge in [-0.25, -0.2) is 0 Å². The summed E-state index contributed by atoms with van der Waals surface area (Å²) in [4.78, 5) is 26.7. The number of amidine groups is 1. The Morgan fingerprint density at radius 2 is 1.76 bits per heavy atom. The molecule has 0 spiro atoms. The molecule has 0 fully saturated rings. The van der Waals surface area contributed by atoms with Crippen LogP contribution < -0.4 is 4.90 Å². The largest absolute Gasteiger partial charge is 0.507 e. The minimum atomic E-state index is -0.864. The van der Waals surface area contributed by atoms with Crippen molar-refractivity contribution in [1.29, 1.82) is 5.41 Å². The van der Waals surface area contributed by atoms with Gasteiger partial charge < -0.3 is 5.11 Å². The average molecular weight is 528 g/mol. The zero-order chi connectivity index (χ0) is 27.2. The van der Waals surface area contributed by atoms with Crippen LogP contribution in [0.15, 0.2) is 95.7 Å². The topological polar surface area (TPSA) is 108 Å². The molecule has 38 heavy (non-hydrogen) atoms. The summed E-state index contributed by atoms with van der Waals surface area (Å²) in [5.74, 6) is -1.17. The lowest BCUT2D eigenvalue weighted by atomic mass is 9.67. The molecule has 2 aliphatic rings. The predicted molar refractivity (Wildman–Crippen MR) is 149 cm³/mol. The number of Topliss-reactive ketones (excluding diaryl/α,β-unsaturated/α-hetero) is 1. The Kier molecular flexibility index (Phi) is 6.41. The number of hydrogen-bond donors (Lipinski definition) is 2. The number of allylic oxidation sites excluding steroid dienone is 2. The number of nitrogens with one attached hydrogen (secondary N) is 1. The SMILES string of the molecule is CC1(C)CC(=O)C2=C(C1)N(c1cccc(Cl)c1)C(=N)/C(=C(/O)c1ccccc1)C2c1cccc([N+](=O)[O-])c1. The maximum absolute atomic E-state index is 13.9. The van der Waals surface area contributed by atoms with Gasteiger partial charge >= 0.3 is 0 Å². The highest BCUT2D eigenvalue weighted by Gasteiger charge is 2.47. The number of aliphatic hydroxyl groups excluding tert-OH is 1. The highest BCUT2D eigenvalue weighted by atomic mass is 35.5. The molecule has 1 heterocycles. The average Bonchev–Trinajstić information content (AvgIpc) is 2.87. The van der Waals surface area contributed by atoms with Crippen molar-refractivity contribution in [2.24, 2.45) is 5.41 Å². The van der Waals surface area contributed by atoms with Crippen LogP contribution in [0.5, 0.6) is 0 Å². The molecule has 2 N–H and O–H groups in total. The van der Waals surface area contributed by atoms with Crippen LogP contribution in [0.2, 0.25) is 5.02 Å². The number of nitro groups is 1. The fourth-order valence-electron chi connectivity index (χ4n) is 5.42. The van der Waals surface area contributed by atoms with Crippen LogP contribution in [0.25, 0.3) is 5.76 Å². The van der Waals surface area contributed by atoms with Crippen LogP contribution in [-0.4, -0.2) is 21.6 Å². The zero-order valence-electron chi connectivity index (χ0n) is 20.9. The quantitative estimate of drug-likeness (QED) is 0.208. The summed E-state index contributed by atoms with van der Waals surface area (Å²) in [6.07, 6.45) is 0.765. The van der Waals surface area contributed by atoms with Gasteiger partial charge in [-0.15, -0.1) is 0 Å². The van der Waals surface area contributed by atoms with Crippen LogP contribution in [-0.2, 0) is 4.79 Å². The third-order valence-corrected chi connectivity index (χ3v) is 7.24. The minimum Gasteiger partial charge on any atom is -0.507 e. The maximum Gasteiger partial charge on any atom is 0.269 e. The van der Waals surface area contributed by atoms with Crippen LogP contribution in [0.1, 0.15) is 43.7 Å². The Hall–Kier alpha value is -4.23. The standard InChI is InChI=1S/C30H26ClN3O4/c1-30(2)16-23-26(24(35)17-30)25(19-10-6-13-22(14-19)34(37)38)27(28(36)18-8-4-3-5-9-18)29(32)33(23)21-12-7-11-20(31)15-21/h3-15,25,32,36H,16-17H2,1-2H3/b28-27+,32-29?. The van der Waals surface area contributed by atoms with E-state index >= 15 is 0 Å². The Labute approximate surface area is 225 Å². The van der Waals surface area contributed by atoms with Gasteiger partial charge in [-0.2, -0.15) is 0 Å². The van der Waals surface area contributed by atoms with E-state index in [9.17, 15) is 25.4 Å². The number of anilines is 1. The lowest BCUT2D eigenvalue weighted by Gasteiger charge is -2.45. The van der Waals surface area contributed by atoms with Gasteiger partial charge in [0.15, 0.2) is 5.78 Å². The summed E-state index contributed by atoms with van der Waals surface area (Å²) in [5, 5.41) is 33.2. The number of aliphatic hydroxyl groups is 1. The van der Waals surface area contributed by atoms with Gasteiger partial charge in [0.25, 0.3) is 5.69 Å². The van der Waals surface area contributed by atoms with Crippen molar-refractivity contribution in [3.63, 3.8) is 0 Å². The van der Waals surface area contributed by atoms with E-state index in [4.69, 9.17) is 11.6 Å². The number of benzene rings is 3. The van der Waals surface area contributed by atoms with E-state index in [0.29, 0.717) is 39.5 Å². The van der Waals surface area contributed by atoms with Gasteiger partial charge in [0.2, 0.25) is 0 Å². The molecule has 1 atom stereocenters. The van der Waals surface area contributed by atoms with E-state index in [-0.39, 0.29) is 40.5 Å². The number of hydrogen-bond acceptors (Lipinski definition) is 5. The van der Waals surface area contributed by atoms with Gasteiger partial charge in [0.05, 0.1) is 4.92 Å². The molecular weight excluding hydrogens is 502 g/mol. The van der Waals surface area contributed by atoms with Gasteiger partial charge in [-0.05, 0) is 35.6 Å². The van der Waals surface area contributed by atoms with E-state index < -0.39 is 10.8 Å². The van der Waals surface area contributed by atoms with Gasteiger partial charge in [-0.3, -0.25) is 25.2 Å². The van der Waals surface area contributed by atoms with Crippen LogP contribution in [0.4, 0.5) is 11.4 Å². The van der Waals surface area contributed by atoms with Crippen molar-refractivity contribution in [2.75, 3.05) is 4.90 Å². The number of carbonyl (C=O) groups excluding carboxylic acids is 1. The summed E-state index contributed by atoms with van der Waals surface area (Å²) in [6.45, 7) is 4.01. The van der Waals surface area contributed by atoms with E-state index in [2.05, 4.69) is 0 Å². The van der Waals surface area contributed by atoms with E-state index in [1.807, 2.05) is 26.0 Å². The number of ketones is 1. The van der Waals surface area contributed by atoms with E-state index in [0.717, 1.165) is 0 Å². The number of nitro benzene ring substituents is 1. The molecule has 0 saturated carbocycles. The number of carbonyl (C=O) groups is 1. The van der Waals surface area contributed by atoms with E-state index in [1.165, 1.54) is 12.1 Å². The predicted octanol–water partition coefficient (Wildman–Crippen LogP) is 7.44. The molecule has 0 aromatic heterocycles. The molecule has 5 rings (SSSR count). The van der Waals surface area contributed by atoms with Crippen molar-refractivity contribution in [3.8, 4) is 0 Å². The second-order valence-electron chi connectivity index (χ2n) is 10.4. The second kappa shape index (κ2) is 9.58. The third-order valence-electron chi connectivity index (χ3n) is 7.01. The molecule has 192 valence electrons. The van der Waals surface area contributed by atoms with Gasteiger partial charge in [-0.1, -0.05) is 74.0 Å². The zero-order valence-corrected chi connectivity index (χ0v) is 21.7. The molecule has 3 aromatic rings. The van der Waals surface area contributed by atoms with Gasteiger partial charge in [0, 0.05) is 57.6 Å². The minimum absolute atomic E-state index is 0.0191. The fraction of sp³-hybridized carbons (Fsp3) is 0.200. The van der Waals surface area contributed by atoms with Crippen molar-refractivity contribution >= 4 is 40.4 Å². The van der Waals surface area contributed by atoms with Crippen LogP contribution in [0.3, 0.4) is 0 Å². The molecule has 0 amide bonds. The molecule has 8 heteroatoms. The molecule has 3 aromatic carbocycles. The van der Waals surface area contributed by atoms with Crippen LogP contribution >= 0.6 is 11.6 Å². The molecule has 1 aliphatic heterocycles. The number of rotatable bonds is 4. The Bertz CT molecular complexity index is 1540. The number of non-ortho nitro benzene ring substituents is 1. The van der Waals surface area contributed by atoms with Gasteiger partial charge in [0.1, 0.15) is 11.6 Å². The molecule has 0 radical (unpaired) electrons. The molecule has 0 bridgehead atoms. The molecule has 1 unspecified atom stereocenters. The summed E-state index contributed by atoms with van der Waals surface area (Å²) in [7, 11) is 0. The fourth-order valence-corrected chi connectivity index (χ4v) is 5.60. The number of halogens is 1. The first-order chi connectivity index (χ1) is 18.1. The lowest BCUT2D eigenvalue weighted by molar-refractivity contribution is -0.384. The summed E-state index contributed by atoms with van der Waals surface area (Å²) in [6, 6.07) is 21.9. The van der Waals surface area contributed by atoms with Crippen LogP contribution in [0, 0.1) is 20.9 Å². The lowest BCUT2D eigenvalue weighted by Crippen LogP contribution is -2.45. The first-order valence-corrected chi connectivity index (χ1v) is 12.6. The Morgan fingerprint density at radius 3 is 2.45 bits per heavy atom. The van der Waals surface area contributed by atoms with Crippen molar-refractivity contribution in [1.82, 2.24) is 0 Å². The monoisotopic (exact) mass is 527 g/mol. The summed E-state index contributed by atoms with van der Waals surface area (Å²) >= 11 is 6.33. The molecule has 7 nitrogen and oxygen atoms in total. The summed E-state index contributed by atoms with van der Waals surface area (Å²) in [5.41, 5.74) is 2.30. The second-order valence-corrected chi connectivity index (χ2v) is 10.8. The molecular formula is C30H26ClN3O4. The molecule has 0 saturated heterocycles. The third kappa shape index (κ3) is 4.50. The Balaban J connectivity index is 1.87. The molecule has 1 aliphatic carbocycles. The highest BCUT2D eigenvalue weighted by molar-refractivity contribution is 6.31. The van der Waals surface area contributed by atoms with Crippen molar-refractivity contribution in [3.05, 3.63) is 122 Å². The number of nitrogens with zero attached hydrogens (tertiary/aromatic N) is 2. The maximum atomic E-state index is 13.9. The Morgan fingerprint density at radius 1 is 1.05 bits per heavy atom. The highest BCUT2D eigenvalue weighted by Crippen LogP contribution is 2.51. The van der Waals surface area contributed by atoms with Crippen molar-refractivity contribution in [2.45, 2.75) is 32.6 Å².